The lowest BCUT2D eigenvalue weighted by Crippen LogP contribution is -2.05. The second kappa shape index (κ2) is 7.54. The smallest absolute Gasteiger partial charge is 0.240 e. The molecular formula is C20H15BrN2O3S2. The highest BCUT2D eigenvalue weighted by atomic mass is 79.9. The van der Waals surface area contributed by atoms with Crippen LogP contribution in [0, 0.1) is 6.92 Å². The van der Waals surface area contributed by atoms with Crippen LogP contribution in [0.4, 0.5) is 11.6 Å². The van der Waals surface area contributed by atoms with E-state index in [0.29, 0.717) is 5.69 Å². The molecule has 28 heavy (non-hydrogen) atoms. The van der Waals surface area contributed by atoms with Crippen molar-refractivity contribution >= 4 is 48.7 Å². The second-order valence-corrected chi connectivity index (χ2v) is 9.81. The van der Waals surface area contributed by atoms with Gasteiger partial charge in [0, 0.05) is 10.2 Å². The van der Waals surface area contributed by atoms with Gasteiger partial charge in [-0.15, -0.1) is 11.3 Å². The third-order valence-electron chi connectivity index (χ3n) is 4.02. The number of aromatic nitrogens is 1. The van der Waals surface area contributed by atoms with E-state index < -0.39 is 9.84 Å². The number of oxazole rings is 1. The van der Waals surface area contributed by atoms with E-state index in [9.17, 15) is 8.42 Å². The lowest BCUT2D eigenvalue weighted by atomic mass is 10.2. The first-order valence-electron chi connectivity index (χ1n) is 8.32. The quantitative estimate of drug-likeness (QED) is 0.381. The van der Waals surface area contributed by atoms with E-state index in [1.54, 1.807) is 12.1 Å². The highest BCUT2D eigenvalue weighted by molar-refractivity contribution is 9.10. The third kappa shape index (κ3) is 3.76. The number of benzene rings is 2. The summed E-state index contributed by atoms with van der Waals surface area (Å²) in [6.07, 6.45) is 0. The maximum absolute atomic E-state index is 13.2. The molecule has 0 saturated carbocycles. The van der Waals surface area contributed by atoms with Crippen molar-refractivity contribution in [1.82, 2.24) is 4.98 Å². The van der Waals surface area contributed by atoms with Gasteiger partial charge in [0.2, 0.25) is 26.6 Å². The normalized spacial score (nSPS) is 11.5. The molecule has 8 heteroatoms. The number of aryl methyl sites for hydroxylation is 1. The van der Waals surface area contributed by atoms with Gasteiger partial charge in [-0.2, -0.15) is 4.98 Å². The fourth-order valence-electron chi connectivity index (χ4n) is 2.57. The Balaban J connectivity index is 1.82. The minimum atomic E-state index is -3.87. The zero-order valence-corrected chi connectivity index (χ0v) is 17.9. The first-order valence-corrected chi connectivity index (χ1v) is 11.5. The van der Waals surface area contributed by atoms with Crippen molar-refractivity contribution in [3.8, 4) is 10.8 Å². The number of nitrogens with one attached hydrogen (secondary N) is 1. The average molecular weight is 475 g/mol. The van der Waals surface area contributed by atoms with E-state index in [1.165, 1.54) is 23.5 Å². The number of hydrogen-bond acceptors (Lipinski definition) is 6. The molecule has 0 aliphatic rings. The van der Waals surface area contributed by atoms with E-state index in [2.05, 4.69) is 26.2 Å². The Hall–Kier alpha value is -2.42. The van der Waals surface area contributed by atoms with Crippen molar-refractivity contribution in [2.45, 2.75) is 16.8 Å². The number of hydrogen-bond donors (Lipinski definition) is 1. The van der Waals surface area contributed by atoms with Gasteiger partial charge in [0.25, 0.3) is 0 Å². The summed E-state index contributed by atoms with van der Waals surface area (Å²) in [6, 6.07) is 17.7. The highest BCUT2D eigenvalue weighted by Crippen LogP contribution is 2.35. The Kier molecular flexibility index (Phi) is 5.09. The zero-order chi connectivity index (χ0) is 19.7. The number of sulfone groups is 1. The van der Waals surface area contributed by atoms with E-state index in [4.69, 9.17) is 4.42 Å². The maximum atomic E-state index is 13.2. The highest BCUT2D eigenvalue weighted by Gasteiger charge is 2.29. The van der Waals surface area contributed by atoms with E-state index in [0.717, 1.165) is 14.9 Å². The van der Waals surface area contributed by atoms with Crippen LogP contribution in [0.25, 0.3) is 10.8 Å². The van der Waals surface area contributed by atoms with Gasteiger partial charge in [-0.25, -0.2) is 8.42 Å². The maximum Gasteiger partial charge on any atom is 0.240 e. The van der Waals surface area contributed by atoms with Crippen LogP contribution >= 0.6 is 27.3 Å². The first kappa shape index (κ1) is 18.9. The van der Waals surface area contributed by atoms with Crippen LogP contribution in [-0.2, 0) is 9.84 Å². The minimum absolute atomic E-state index is 0.0928. The minimum Gasteiger partial charge on any atom is -0.418 e. The molecule has 0 unspecified atom stereocenters. The summed E-state index contributed by atoms with van der Waals surface area (Å²) < 4.78 is 33.1. The van der Waals surface area contributed by atoms with Gasteiger partial charge in [0.15, 0.2) is 0 Å². The summed E-state index contributed by atoms with van der Waals surface area (Å²) in [6.45, 7) is 1.98. The Bertz CT molecular complexity index is 1200. The molecule has 0 aliphatic heterocycles. The van der Waals surface area contributed by atoms with E-state index in [-0.39, 0.29) is 21.7 Å². The van der Waals surface area contributed by atoms with Crippen LogP contribution in [-0.4, -0.2) is 13.4 Å². The van der Waals surface area contributed by atoms with Gasteiger partial charge in [0.05, 0.1) is 9.77 Å². The lowest BCUT2D eigenvalue weighted by Gasteiger charge is -2.06. The van der Waals surface area contributed by atoms with Crippen molar-refractivity contribution in [2.24, 2.45) is 0 Å². The predicted molar refractivity (Wildman–Crippen MR) is 114 cm³/mol. The molecule has 4 aromatic rings. The molecule has 1 N–H and O–H groups in total. The molecule has 5 nitrogen and oxygen atoms in total. The average Bonchev–Trinajstić information content (AvgIpc) is 3.34. The number of thiophene rings is 1. The van der Waals surface area contributed by atoms with Crippen LogP contribution in [0.2, 0.25) is 0 Å². The molecule has 0 fully saturated rings. The SMILES string of the molecule is Cc1ccc(Nc2oc(-c3cccs3)nc2S(=O)(=O)c2ccc(Br)cc2)cc1. The largest absolute Gasteiger partial charge is 0.418 e. The molecular weight excluding hydrogens is 460 g/mol. The van der Waals surface area contributed by atoms with Crippen LogP contribution in [0.5, 0.6) is 0 Å². The molecule has 142 valence electrons. The molecule has 0 radical (unpaired) electrons. The molecule has 0 bridgehead atoms. The number of nitrogens with zero attached hydrogens (tertiary/aromatic N) is 1. The number of halogens is 1. The van der Waals surface area contributed by atoms with Gasteiger partial charge in [0.1, 0.15) is 0 Å². The monoisotopic (exact) mass is 474 g/mol. The fraction of sp³-hybridized carbons (Fsp3) is 0.0500. The molecule has 0 atom stereocenters. The van der Waals surface area contributed by atoms with Crippen molar-refractivity contribution < 1.29 is 12.8 Å². The Morgan fingerprint density at radius 3 is 2.39 bits per heavy atom. The Labute approximate surface area is 175 Å². The third-order valence-corrected chi connectivity index (χ3v) is 7.08. The molecule has 2 aromatic carbocycles. The van der Waals surface area contributed by atoms with Gasteiger partial charge in [-0.05, 0) is 54.8 Å². The Morgan fingerprint density at radius 1 is 1.04 bits per heavy atom. The molecule has 0 spiro atoms. The summed E-state index contributed by atoms with van der Waals surface area (Å²) >= 11 is 4.75. The van der Waals surface area contributed by atoms with Crippen LogP contribution < -0.4 is 5.32 Å². The first-order chi connectivity index (χ1) is 13.4. The van der Waals surface area contributed by atoms with Crippen LogP contribution in [0.3, 0.4) is 0 Å². The van der Waals surface area contributed by atoms with Gasteiger partial charge in [-0.3, -0.25) is 0 Å². The van der Waals surface area contributed by atoms with Gasteiger partial charge < -0.3 is 9.73 Å². The summed E-state index contributed by atoms with van der Waals surface area (Å²) in [4.78, 5) is 5.22. The zero-order valence-electron chi connectivity index (χ0n) is 14.7. The van der Waals surface area contributed by atoms with Crippen molar-refractivity contribution in [3.05, 3.63) is 76.1 Å². The second-order valence-electron chi connectivity index (χ2n) is 6.08. The van der Waals surface area contributed by atoms with Gasteiger partial charge in [-0.1, -0.05) is 39.7 Å². The fourth-order valence-corrected chi connectivity index (χ4v) is 4.74. The van der Waals surface area contributed by atoms with Crippen molar-refractivity contribution in [2.75, 3.05) is 5.32 Å². The van der Waals surface area contributed by atoms with E-state index >= 15 is 0 Å². The Morgan fingerprint density at radius 2 is 1.75 bits per heavy atom. The number of anilines is 2. The summed E-state index contributed by atoms with van der Waals surface area (Å²) in [5, 5.41) is 4.80. The summed E-state index contributed by atoms with van der Waals surface area (Å²) in [5.41, 5.74) is 1.82. The standard InChI is InChI=1S/C20H15BrN2O3S2/c1-13-4-8-15(9-5-13)22-19-20(23-18(26-19)17-3-2-12-27-17)28(24,25)16-10-6-14(21)7-11-16/h2-12,22H,1H3. The number of rotatable bonds is 5. The predicted octanol–water partition coefficient (Wildman–Crippen LogP) is 6.05. The summed E-state index contributed by atoms with van der Waals surface area (Å²) in [5.74, 6) is 0.357. The molecule has 0 amide bonds. The molecule has 0 saturated heterocycles. The summed E-state index contributed by atoms with van der Waals surface area (Å²) in [7, 11) is -3.87. The van der Waals surface area contributed by atoms with Crippen LogP contribution in [0.1, 0.15) is 5.56 Å². The van der Waals surface area contributed by atoms with E-state index in [1.807, 2.05) is 48.7 Å². The topological polar surface area (TPSA) is 72.2 Å². The van der Waals surface area contributed by atoms with Crippen molar-refractivity contribution in [1.29, 1.82) is 0 Å². The molecule has 2 aromatic heterocycles. The molecule has 2 heterocycles. The van der Waals surface area contributed by atoms with Crippen molar-refractivity contribution in [3.63, 3.8) is 0 Å². The molecule has 0 aliphatic carbocycles. The van der Waals surface area contributed by atoms with Crippen LogP contribution in [0.15, 0.2) is 84.9 Å². The lowest BCUT2D eigenvalue weighted by molar-refractivity contribution is 0.582. The molecule has 4 rings (SSSR count). The van der Waals surface area contributed by atoms with Gasteiger partial charge >= 0.3 is 0 Å².